The maximum atomic E-state index is 10.6. The molecule has 2 aromatic heterocycles. The zero-order valence-electron chi connectivity index (χ0n) is 40.1. The number of aromatic nitrogens is 4. The van der Waals surface area contributed by atoms with Crippen LogP contribution in [0.3, 0.4) is 0 Å². The number of benzene rings is 3. The van der Waals surface area contributed by atoms with Crippen molar-refractivity contribution in [1.29, 1.82) is 0 Å². The van der Waals surface area contributed by atoms with Crippen molar-refractivity contribution in [3.63, 3.8) is 0 Å². The first-order valence-electron chi connectivity index (χ1n) is 22.5. The van der Waals surface area contributed by atoms with Gasteiger partial charge in [-0.3, -0.25) is 0 Å². The van der Waals surface area contributed by atoms with E-state index < -0.39 is 30.5 Å². The molecule has 0 atom stereocenters. The van der Waals surface area contributed by atoms with Crippen LogP contribution in [0.5, 0.6) is 17.2 Å². The summed E-state index contributed by atoms with van der Waals surface area (Å²) in [6, 6.07) is 16.5. The van der Waals surface area contributed by atoms with Crippen molar-refractivity contribution in [3.8, 4) is 28.4 Å². The number of halogens is 3. The number of hydrogen-bond donors (Lipinski definition) is 5. The molecule has 0 amide bonds. The number of fused-ring (bicyclic) bond motifs is 2. The quantitative estimate of drug-likeness (QED) is 0.0272. The van der Waals surface area contributed by atoms with E-state index in [1.807, 2.05) is 37.4 Å². The van der Waals surface area contributed by atoms with Crippen molar-refractivity contribution in [2.24, 2.45) is 0 Å². The van der Waals surface area contributed by atoms with E-state index in [0.29, 0.717) is 74.2 Å². The molecule has 0 aliphatic heterocycles. The van der Waals surface area contributed by atoms with Gasteiger partial charge < -0.3 is 44.6 Å². The topological polar surface area (TPSA) is 220 Å². The van der Waals surface area contributed by atoms with Gasteiger partial charge in [0.1, 0.15) is 42.9 Å². The van der Waals surface area contributed by atoms with Crippen LogP contribution < -0.4 is 39.9 Å². The molecule has 0 bridgehead atoms. The van der Waals surface area contributed by atoms with Crippen LogP contribution in [0, 0.1) is 0 Å². The first-order chi connectivity index (χ1) is 32.1. The number of nitrogens with zero attached hydrogens (tertiary/aromatic N) is 4. The molecule has 16 nitrogen and oxygen atoms in total. The number of alkyl halides is 3. The van der Waals surface area contributed by atoms with Crippen molar-refractivity contribution in [1.82, 2.24) is 19.9 Å². The number of carboxylic acid groups (broad SMARTS) is 1. The largest absolute Gasteiger partial charge is 0.491 e. The number of methoxy groups -OCH3 is 3. The molecule has 0 fully saturated rings. The molecule has 5 aromatic rings. The number of unbranched alkanes of at least 4 members (excludes halogenated alkanes) is 3. The number of nitrogens with two attached hydrogens (primary N) is 2. The Morgan fingerprint density at radius 2 is 1.06 bits per heavy atom. The monoisotopic (exact) mass is 1050 g/mol. The summed E-state index contributed by atoms with van der Waals surface area (Å²) in [6.45, 7) is 9.40. The van der Waals surface area contributed by atoms with Crippen LogP contribution in [-0.4, -0.2) is 131 Å². The smallest absolute Gasteiger partial charge is 0.490 e. The standard InChI is InChI=1S/C24H32N4O6.C9H9N4.3C4H9.C2HF3O2.Sn/c1-26-23-18-6-5-16(13-19(18)27-24(25)28-23)22-20(33-11-8-30-3)14-17(32-10-7-29-2)15-21(22)34-12-9-31-4;1-11-8-6-4-2-3-5-7(6)12-9(10)13-8;3*1-3-4-2;3-2(4,5)1(6)7;/h5-6,13-15H,7-12H2,1-4H3,(H3,25,26,27,28);2,4-5H,1H3,(H3,10,11,12,13);3*1,3-4H2,2H3;(H,6,7);. The van der Waals surface area contributed by atoms with E-state index in [2.05, 4.69) is 69.5 Å². The molecule has 0 radical (unpaired) electrons. The van der Waals surface area contributed by atoms with Crippen molar-refractivity contribution in [3.05, 3.63) is 48.5 Å². The Kier molecular flexibility index (Phi) is 24.3. The van der Waals surface area contributed by atoms with E-state index >= 15 is 0 Å². The summed E-state index contributed by atoms with van der Waals surface area (Å²) in [5.41, 5.74) is 15.2. The molecular formula is C47H69F3N8O8Sn. The molecule has 370 valence electrons. The molecule has 67 heavy (non-hydrogen) atoms. The van der Waals surface area contributed by atoms with Gasteiger partial charge in [0.25, 0.3) is 0 Å². The zero-order chi connectivity index (χ0) is 49.4. The number of ether oxygens (including phenoxy) is 6. The molecule has 3 aromatic carbocycles. The van der Waals surface area contributed by atoms with Crippen LogP contribution in [0.4, 0.5) is 36.7 Å². The van der Waals surface area contributed by atoms with Crippen LogP contribution in [0.15, 0.2) is 48.5 Å². The number of carboxylic acids is 1. The third-order valence-electron chi connectivity index (χ3n) is 10.8. The fourth-order valence-electron chi connectivity index (χ4n) is 7.39. The van der Waals surface area contributed by atoms with Crippen LogP contribution in [0.2, 0.25) is 13.3 Å². The van der Waals surface area contributed by atoms with Gasteiger partial charge in [-0.15, -0.1) is 0 Å². The Labute approximate surface area is 395 Å². The molecule has 7 N–H and O–H groups in total. The summed E-state index contributed by atoms with van der Waals surface area (Å²) >= 11 is -2.43. The second-order valence-corrected chi connectivity index (χ2v) is 28.8. The predicted molar refractivity (Wildman–Crippen MR) is 263 cm³/mol. The second kappa shape index (κ2) is 28.9. The van der Waals surface area contributed by atoms with Crippen LogP contribution in [-0.2, 0) is 19.0 Å². The summed E-state index contributed by atoms with van der Waals surface area (Å²) in [6.07, 6.45) is 2.91. The van der Waals surface area contributed by atoms with E-state index in [1.165, 1.54) is 51.8 Å². The molecule has 2 heterocycles. The van der Waals surface area contributed by atoms with Gasteiger partial charge in [-0.1, -0.05) is 6.07 Å². The van der Waals surface area contributed by atoms with Gasteiger partial charge in [0, 0.05) is 45.9 Å². The van der Waals surface area contributed by atoms with Gasteiger partial charge in [0.2, 0.25) is 5.95 Å². The Balaban J connectivity index is 0.000000319. The zero-order valence-corrected chi connectivity index (χ0v) is 43.0. The third-order valence-corrected chi connectivity index (χ3v) is 26.4. The van der Waals surface area contributed by atoms with E-state index in [0.717, 1.165) is 33.2 Å². The SMILES string of the molecule is CCC[CH2][Sn]([CH2]CCC)([CH2]CCC)[c]1ccc2c(NC)nc(N)nc2c1.CNc1nc(N)nc2cc(-c3c(OCCOC)cc(OCCOC)cc3OCCOC)ccc12.O=C(O)C(F)(F)F. The number of rotatable bonds is 25. The number of nitrogens with one attached hydrogen (secondary N) is 2. The minimum atomic E-state index is -5.08. The maximum absolute atomic E-state index is 10.6. The average Bonchev–Trinajstić information content (AvgIpc) is 3.30. The molecule has 0 saturated heterocycles. The molecule has 0 saturated carbocycles. The summed E-state index contributed by atoms with van der Waals surface area (Å²) in [5, 5.41) is 15.3. The second-order valence-electron chi connectivity index (χ2n) is 15.5. The van der Waals surface area contributed by atoms with E-state index in [4.69, 9.17) is 49.8 Å². The number of carbonyl (C=O) groups is 1. The maximum Gasteiger partial charge on any atom is 0.490 e. The normalized spacial score (nSPS) is 11.3. The fraction of sp³-hybridized carbons (Fsp3) is 0.511. The number of aliphatic carboxylic acids is 1. The average molecular weight is 1050 g/mol. The Hall–Kier alpha value is -5.12. The molecule has 0 aliphatic rings. The minimum Gasteiger partial charge on any atom is -0.491 e. The van der Waals surface area contributed by atoms with Crippen molar-refractivity contribution >= 4 is 73.3 Å². The summed E-state index contributed by atoms with van der Waals surface area (Å²) in [4.78, 5) is 26.5. The molecule has 20 heteroatoms. The van der Waals surface area contributed by atoms with Gasteiger partial charge >= 0.3 is 176 Å². The summed E-state index contributed by atoms with van der Waals surface area (Å²) in [5.74, 6) is 1.06. The van der Waals surface area contributed by atoms with Crippen LogP contribution >= 0.6 is 0 Å². The van der Waals surface area contributed by atoms with E-state index in [9.17, 15) is 13.2 Å². The van der Waals surface area contributed by atoms with Crippen LogP contribution in [0.1, 0.15) is 59.3 Å². The van der Waals surface area contributed by atoms with Crippen molar-refractivity contribution in [2.75, 3.05) is 97.2 Å². The molecule has 0 unspecified atom stereocenters. The van der Waals surface area contributed by atoms with Gasteiger partial charge in [0.05, 0.1) is 30.9 Å². The van der Waals surface area contributed by atoms with Crippen LogP contribution in [0.25, 0.3) is 32.9 Å². The predicted octanol–water partition coefficient (Wildman–Crippen LogP) is 8.94. The van der Waals surface area contributed by atoms with Gasteiger partial charge in [0.15, 0.2) is 0 Å². The van der Waals surface area contributed by atoms with Crippen molar-refractivity contribution in [2.45, 2.75) is 78.8 Å². The third kappa shape index (κ3) is 17.2. The number of nitrogen functional groups attached to an aromatic ring is 2. The minimum absolute atomic E-state index is 0.184. The first kappa shape index (κ1) is 56.2. The van der Waals surface area contributed by atoms with Crippen molar-refractivity contribution < 1.29 is 51.5 Å². The van der Waals surface area contributed by atoms with Gasteiger partial charge in [-0.25, -0.2) is 9.78 Å². The van der Waals surface area contributed by atoms with Gasteiger partial charge in [-0.2, -0.15) is 18.2 Å². The summed E-state index contributed by atoms with van der Waals surface area (Å²) in [7, 11) is 8.56. The first-order valence-corrected chi connectivity index (χ1v) is 30.0. The van der Waals surface area contributed by atoms with E-state index in [-0.39, 0.29) is 5.95 Å². The Bertz CT molecular complexity index is 2240. The number of hydrogen-bond acceptors (Lipinski definition) is 15. The molecule has 0 spiro atoms. The fourth-order valence-corrected chi connectivity index (χ4v) is 23.3. The molecule has 0 aliphatic carbocycles. The Morgan fingerprint density at radius 3 is 1.46 bits per heavy atom. The molecule has 5 rings (SSSR count). The van der Waals surface area contributed by atoms with E-state index in [1.54, 1.807) is 32.0 Å². The number of anilines is 4. The summed E-state index contributed by atoms with van der Waals surface area (Å²) < 4.78 is 71.2. The molecular weight excluding hydrogens is 980 g/mol. The van der Waals surface area contributed by atoms with Gasteiger partial charge in [-0.05, 0) is 17.7 Å². The Morgan fingerprint density at radius 1 is 0.642 bits per heavy atom.